The number of aromatic nitrogens is 2. The van der Waals surface area contributed by atoms with E-state index in [9.17, 15) is 22.8 Å². The molecule has 1 atom stereocenters. The van der Waals surface area contributed by atoms with E-state index in [1.54, 1.807) is 19.1 Å². The molecule has 0 saturated heterocycles. The number of hydrogen-bond acceptors (Lipinski definition) is 5. The quantitative estimate of drug-likeness (QED) is 0.522. The van der Waals surface area contributed by atoms with Crippen LogP contribution in [0.1, 0.15) is 40.4 Å². The number of halogens is 3. The molecule has 2 N–H and O–H groups in total. The summed E-state index contributed by atoms with van der Waals surface area (Å²) >= 11 is 0. The maximum absolute atomic E-state index is 13.4. The van der Waals surface area contributed by atoms with Crippen molar-refractivity contribution in [2.45, 2.75) is 25.7 Å². The highest BCUT2D eigenvalue weighted by Crippen LogP contribution is 2.37. The van der Waals surface area contributed by atoms with E-state index in [4.69, 9.17) is 0 Å². The van der Waals surface area contributed by atoms with E-state index in [2.05, 4.69) is 32.0 Å². The zero-order valence-corrected chi connectivity index (χ0v) is 17.6. The first-order chi connectivity index (χ1) is 15.7. The summed E-state index contributed by atoms with van der Waals surface area (Å²) in [5.74, 6) is -0.463. The van der Waals surface area contributed by atoms with Crippen molar-refractivity contribution >= 4 is 29.6 Å². The summed E-state index contributed by atoms with van der Waals surface area (Å²) in [5.41, 5.74) is -0.906. The fraction of sp³-hybridized carbons (Fsp3) is 0.174. The minimum Gasteiger partial charge on any atom is -0.344 e. The summed E-state index contributed by atoms with van der Waals surface area (Å²) in [4.78, 5) is 38.8. The molecule has 170 valence electrons. The van der Waals surface area contributed by atoms with Gasteiger partial charge < -0.3 is 10.3 Å². The van der Waals surface area contributed by atoms with Gasteiger partial charge in [0.25, 0.3) is 11.5 Å². The van der Waals surface area contributed by atoms with Crippen molar-refractivity contribution in [2.24, 2.45) is 9.98 Å². The molecule has 0 fully saturated rings. The monoisotopic (exact) mass is 455 g/mol. The number of benzene rings is 2. The zero-order chi connectivity index (χ0) is 24.0. The lowest BCUT2D eigenvalue weighted by Gasteiger charge is -2.19. The Bertz CT molecular complexity index is 1300. The number of hydrogen-bond donors (Lipinski definition) is 2. The van der Waals surface area contributed by atoms with Gasteiger partial charge in [0.2, 0.25) is 0 Å². The third kappa shape index (κ3) is 5.79. The SMILES string of the molecule is C=N/C=C\C=NCc1nc(C(=O)N[C@H](C)c2ccc(C(F)(F)F)c3ccccc23)cc(=O)[nH]1. The molecule has 0 aliphatic carbocycles. The van der Waals surface area contributed by atoms with E-state index in [0.29, 0.717) is 10.9 Å². The predicted molar refractivity (Wildman–Crippen MR) is 121 cm³/mol. The Morgan fingerprint density at radius 1 is 1.24 bits per heavy atom. The van der Waals surface area contributed by atoms with Crippen LogP contribution in [0.2, 0.25) is 0 Å². The van der Waals surface area contributed by atoms with Crippen molar-refractivity contribution in [3.63, 3.8) is 0 Å². The standard InChI is InChI=1S/C23H20F3N5O2/c1-14(15-8-9-18(23(24,25)26)17-7-4-3-6-16(15)17)29-22(33)19-12-21(32)31-20(30-19)13-28-11-5-10-27-2/h3-12,14H,2,13H2,1H3,(H,29,33)(H,30,31,32)/b10-5-,28-11?/t14-/m1/s1. The van der Waals surface area contributed by atoms with Crippen molar-refractivity contribution in [1.29, 1.82) is 0 Å². The Labute approximate surface area is 186 Å². The molecule has 3 rings (SSSR count). The highest BCUT2D eigenvalue weighted by Gasteiger charge is 2.33. The van der Waals surface area contributed by atoms with E-state index >= 15 is 0 Å². The molecule has 0 aliphatic heterocycles. The molecule has 0 spiro atoms. The molecular formula is C23H20F3N5O2. The highest BCUT2D eigenvalue weighted by atomic mass is 19.4. The molecule has 1 heterocycles. The van der Waals surface area contributed by atoms with Crippen LogP contribution in [0.15, 0.2) is 69.5 Å². The third-order valence-corrected chi connectivity index (χ3v) is 4.72. The summed E-state index contributed by atoms with van der Waals surface area (Å²) in [5, 5.41) is 3.11. The molecule has 0 aliphatic rings. The topological polar surface area (TPSA) is 99.6 Å². The van der Waals surface area contributed by atoms with Crippen LogP contribution in [-0.2, 0) is 12.7 Å². The largest absolute Gasteiger partial charge is 0.417 e. The third-order valence-electron chi connectivity index (χ3n) is 4.72. The number of carbonyl (C=O) groups is 1. The van der Waals surface area contributed by atoms with Gasteiger partial charge in [-0.25, -0.2) is 4.98 Å². The van der Waals surface area contributed by atoms with Crippen LogP contribution < -0.4 is 10.9 Å². The van der Waals surface area contributed by atoms with Gasteiger partial charge in [0.15, 0.2) is 0 Å². The fourth-order valence-corrected chi connectivity index (χ4v) is 3.29. The number of fused-ring (bicyclic) bond motifs is 1. The van der Waals surface area contributed by atoms with Gasteiger partial charge in [0, 0.05) is 18.5 Å². The number of aliphatic imine (C=N–C) groups is 2. The van der Waals surface area contributed by atoms with Crippen LogP contribution in [0.3, 0.4) is 0 Å². The van der Waals surface area contributed by atoms with Crippen molar-refractivity contribution < 1.29 is 18.0 Å². The Kier molecular flexibility index (Phi) is 7.17. The van der Waals surface area contributed by atoms with Crippen LogP contribution in [0.5, 0.6) is 0 Å². The molecule has 0 radical (unpaired) electrons. The van der Waals surface area contributed by atoms with E-state index in [0.717, 1.165) is 12.1 Å². The number of rotatable bonds is 7. The summed E-state index contributed by atoms with van der Waals surface area (Å²) in [6.45, 7) is 4.95. The number of H-pyrrole nitrogens is 1. The zero-order valence-electron chi connectivity index (χ0n) is 17.6. The molecule has 1 aromatic heterocycles. The first-order valence-corrected chi connectivity index (χ1v) is 9.81. The van der Waals surface area contributed by atoms with Crippen LogP contribution in [-0.4, -0.2) is 28.8 Å². The van der Waals surface area contributed by atoms with Crippen molar-refractivity contribution in [3.05, 3.63) is 87.7 Å². The van der Waals surface area contributed by atoms with Gasteiger partial charge in [0.05, 0.1) is 18.2 Å². The maximum Gasteiger partial charge on any atom is 0.417 e. The Morgan fingerprint density at radius 3 is 2.67 bits per heavy atom. The lowest BCUT2D eigenvalue weighted by atomic mass is 9.95. The van der Waals surface area contributed by atoms with Crippen LogP contribution in [0.4, 0.5) is 13.2 Å². The minimum atomic E-state index is -4.50. The molecule has 3 aromatic rings. The van der Waals surface area contributed by atoms with Crippen LogP contribution in [0, 0.1) is 0 Å². The highest BCUT2D eigenvalue weighted by molar-refractivity contribution is 5.94. The van der Waals surface area contributed by atoms with Gasteiger partial charge in [-0.05, 0) is 42.1 Å². The molecule has 7 nitrogen and oxygen atoms in total. The number of alkyl halides is 3. The molecule has 0 bridgehead atoms. The Balaban J connectivity index is 1.85. The molecule has 2 aromatic carbocycles. The van der Waals surface area contributed by atoms with Crippen molar-refractivity contribution in [3.8, 4) is 0 Å². The molecule has 10 heteroatoms. The molecule has 1 amide bonds. The number of nitrogens with one attached hydrogen (secondary N) is 2. The predicted octanol–water partition coefficient (Wildman–Crippen LogP) is 4.22. The molecular weight excluding hydrogens is 435 g/mol. The summed E-state index contributed by atoms with van der Waals surface area (Å²) in [6.07, 6.45) is -0.0940. The second kappa shape index (κ2) is 10.0. The lowest BCUT2D eigenvalue weighted by molar-refractivity contribution is -0.136. The normalized spacial score (nSPS) is 13.0. The van der Waals surface area contributed by atoms with Crippen molar-refractivity contribution in [1.82, 2.24) is 15.3 Å². The fourth-order valence-electron chi connectivity index (χ4n) is 3.29. The maximum atomic E-state index is 13.4. The van der Waals surface area contributed by atoms with Gasteiger partial charge in [0.1, 0.15) is 11.5 Å². The number of carbonyl (C=O) groups excluding carboxylic acids is 1. The van der Waals surface area contributed by atoms with Gasteiger partial charge in [-0.1, -0.05) is 30.3 Å². The molecule has 0 unspecified atom stereocenters. The average molecular weight is 455 g/mol. The van der Waals surface area contributed by atoms with Crippen LogP contribution >= 0.6 is 0 Å². The van der Waals surface area contributed by atoms with Gasteiger partial charge >= 0.3 is 6.18 Å². The van der Waals surface area contributed by atoms with Crippen molar-refractivity contribution in [2.75, 3.05) is 0 Å². The first-order valence-electron chi connectivity index (χ1n) is 9.81. The van der Waals surface area contributed by atoms with Crippen LogP contribution in [0.25, 0.3) is 10.8 Å². The van der Waals surface area contributed by atoms with Gasteiger partial charge in [-0.3, -0.25) is 19.6 Å². The van der Waals surface area contributed by atoms with Gasteiger partial charge in [-0.2, -0.15) is 13.2 Å². The number of nitrogens with zero attached hydrogens (tertiary/aromatic N) is 3. The number of allylic oxidation sites excluding steroid dienone is 1. The average Bonchev–Trinajstić information content (AvgIpc) is 2.77. The lowest BCUT2D eigenvalue weighted by Crippen LogP contribution is -2.29. The second-order valence-electron chi connectivity index (χ2n) is 7.03. The Morgan fingerprint density at radius 2 is 1.97 bits per heavy atom. The summed E-state index contributed by atoms with van der Waals surface area (Å²) in [6, 6.07) is 8.85. The minimum absolute atomic E-state index is 0.0247. The Hall–Kier alpha value is -4.08. The van der Waals surface area contributed by atoms with E-state index in [1.807, 2.05) is 0 Å². The molecule has 33 heavy (non-hydrogen) atoms. The second-order valence-corrected chi connectivity index (χ2v) is 7.03. The van der Waals surface area contributed by atoms with E-state index in [-0.39, 0.29) is 23.4 Å². The number of aromatic amines is 1. The van der Waals surface area contributed by atoms with Gasteiger partial charge in [-0.15, -0.1) is 0 Å². The van der Waals surface area contributed by atoms with E-state index in [1.165, 1.54) is 36.7 Å². The summed E-state index contributed by atoms with van der Waals surface area (Å²) < 4.78 is 40.1. The summed E-state index contributed by atoms with van der Waals surface area (Å²) in [7, 11) is 0. The van der Waals surface area contributed by atoms with E-state index < -0.39 is 29.2 Å². The first kappa shape index (κ1) is 23.6. The smallest absolute Gasteiger partial charge is 0.344 e. The molecule has 0 saturated carbocycles. The number of amides is 1.